The van der Waals surface area contributed by atoms with Gasteiger partial charge in [-0.05, 0) is 30.2 Å². The third-order valence-electron chi connectivity index (χ3n) is 3.99. The van der Waals surface area contributed by atoms with Gasteiger partial charge in [-0.1, -0.05) is 31.0 Å². The average molecular weight is 270 g/mol. The Balaban J connectivity index is 2.38. The zero-order valence-electron chi connectivity index (χ0n) is 10.9. The Hall–Kier alpha value is -0.770. The lowest BCUT2D eigenvalue weighted by molar-refractivity contribution is -0.0897. The molecule has 0 aromatic heterocycles. The van der Waals surface area contributed by atoms with Crippen molar-refractivity contribution in [3.63, 3.8) is 0 Å². The third kappa shape index (κ3) is 2.11. The molecule has 1 atom stereocenters. The molecule has 3 nitrogen and oxygen atoms in total. The van der Waals surface area contributed by atoms with Crippen LogP contribution in [0.4, 0.5) is 0 Å². The fraction of sp³-hybridized carbons (Fsp3) is 0.571. The van der Waals surface area contributed by atoms with Crippen LogP contribution in [0.5, 0.6) is 5.75 Å². The molecule has 0 amide bonds. The summed E-state index contributed by atoms with van der Waals surface area (Å²) in [6.45, 7) is 4.22. The molecule has 0 spiro atoms. The van der Waals surface area contributed by atoms with Gasteiger partial charge in [0.05, 0.1) is 20.3 Å². The number of hydrogen-bond acceptors (Lipinski definition) is 3. The van der Waals surface area contributed by atoms with E-state index < -0.39 is 0 Å². The molecule has 1 fully saturated rings. The zero-order valence-corrected chi connectivity index (χ0v) is 11.7. The number of ether oxygens (including phenoxy) is 2. The van der Waals surface area contributed by atoms with Gasteiger partial charge in [-0.25, -0.2) is 0 Å². The smallest absolute Gasteiger partial charge is 0.120 e. The first-order valence-corrected chi connectivity index (χ1v) is 6.67. The summed E-state index contributed by atoms with van der Waals surface area (Å²) >= 11 is 6.39. The van der Waals surface area contributed by atoms with Crippen LogP contribution in [0, 0.1) is 5.92 Å². The fourth-order valence-electron chi connectivity index (χ4n) is 2.74. The van der Waals surface area contributed by atoms with Gasteiger partial charge in [0.15, 0.2) is 0 Å². The molecule has 0 bridgehead atoms. The molecule has 1 unspecified atom stereocenters. The van der Waals surface area contributed by atoms with E-state index in [4.69, 9.17) is 26.8 Å². The highest BCUT2D eigenvalue weighted by Crippen LogP contribution is 2.44. The van der Waals surface area contributed by atoms with Gasteiger partial charge < -0.3 is 15.2 Å². The summed E-state index contributed by atoms with van der Waals surface area (Å²) in [5.74, 6) is 1.18. The van der Waals surface area contributed by atoms with Crippen molar-refractivity contribution in [1.82, 2.24) is 0 Å². The molecule has 1 aliphatic rings. The minimum atomic E-state index is -0.0210. The zero-order chi connectivity index (χ0) is 13.2. The van der Waals surface area contributed by atoms with Crippen molar-refractivity contribution < 1.29 is 9.47 Å². The maximum absolute atomic E-state index is 6.39. The second kappa shape index (κ2) is 5.47. The third-order valence-corrected chi connectivity index (χ3v) is 4.30. The Labute approximate surface area is 113 Å². The standard InChI is InChI=1S/C14H20ClNO2/c1-3-10(7-16)14(8-18-9-14)12-5-4-11(17-2)6-13(12)15/h4-6,10H,3,7-9,16H2,1-2H3. The second-order valence-corrected chi connectivity index (χ2v) is 5.24. The number of methoxy groups -OCH3 is 1. The summed E-state index contributed by atoms with van der Waals surface area (Å²) in [6, 6.07) is 5.85. The first-order valence-electron chi connectivity index (χ1n) is 6.29. The molecule has 1 saturated heterocycles. The lowest BCUT2D eigenvalue weighted by Crippen LogP contribution is -2.54. The van der Waals surface area contributed by atoms with Crippen LogP contribution in [-0.4, -0.2) is 26.9 Å². The monoisotopic (exact) mass is 269 g/mol. The van der Waals surface area contributed by atoms with E-state index >= 15 is 0 Å². The van der Waals surface area contributed by atoms with E-state index in [-0.39, 0.29) is 5.41 Å². The summed E-state index contributed by atoms with van der Waals surface area (Å²) in [6.07, 6.45) is 1.03. The van der Waals surface area contributed by atoms with Gasteiger partial charge in [-0.3, -0.25) is 0 Å². The van der Waals surface area contributed by atoms with Gasteiger partial charge in [-0.15, -0.1) is 0 Å². The van der Waals surface area contributed by atoms with Crippen LogP contribution >= 0.6 is 11.6 Å². The summed E-state index contributed by atoms with van der Waals surface area (Å²) in [5.41, 5.74) is 7.01. The highest BCUT2D eigenvalue weighted by molar-refractivity contribution is 6.31. The topological polar surface area (TPSA) is 44.5 Å². The van der Waals surface area contributed by atoms with Gasteiger partial charge >= 0.3 is 0 Å². The molecule has 2 N–H and O–H groups in total. The van der Waals surface area contributed by atoms with E-state index in [1.54, 1.807) is 7.11 Å². The molecular weight excluding hydrogens is 250 g/mol. The lowest BCUT2D eigenvalue weighted by Gasteiger charge is -2.47. The average Bonchev–Trinajstić information content (AvgIpc) is 2.34. The van der Waals surface area contributed by atoms with Crippen LogP contribution in [0.25, 0.3) is 0 Å². The van der Waals surface area contributed by atoms with Gasteiger partial charge in [0.1, 0.15) is 5.75 Å². The molecule has 4 heteroatoms. The van der Waals surface area contributed by atoms with E-state index in [0.717, 1.165) is 22.8 Å². The van der Waals surface area contributed by atoms with E-state index in [2.05, 4.69) is 6.92 Å². The Morgan fingerprint density at radius 1 is 1.50 bits per heavy atom. The van der Waals surface area contributed by atoms with E-state index in [0.29, 0.717) is 25.7 Å². The number of hydrogen-bond donors (Lipinski definition) is 1. The van der Waals surface area contributed by atoms with Crippen molar-refractivity contribution in [2.24, 2.45) is 11.7 Å². The Kier molecular flexibility index (Phi) is 4.15. The molecule has 1 aromatic carbocycles. The van der Waals surface area contributed by atoms with Crippen LogP contribution < -0.4 is 10.5 Å². The maximum atomic E-state index is 6.39. The van der Waals surface area contributed by atoms with E-state index in [9.17, 15) is 0 Å². The number of rotatable bonds is 5. The predicted molar refractivity (Wildman–Crippen MR) is 73.3 cm³/mol. The molecule has 0 saturated carbocycles. The first kappa shape index (κ1) is 13.7. The summed E-state index contributed by atoms with van der Waals surface area (Å²) in [7, 11) is 1.64. The van der Waals surface area contributed by atoms with Crippen LogP contribution in [0.1, 0.15) is 18.9 Å². The molecule has 0 aliphatic carbocycles. The lowest BCUT2D eigenvalue weighted by atomic mass is 9.67. The molecule has 1 heterocycles. The Bertz CT molecular complexity index is 414. The Morgan fingerprint density at radius 2 is 2.22 bits per heavy atom. The van der Waals surface area contributed by atoms with Crippen LogP contribution in [0.15, 0.2) is 18.2 Å². The van der Waals surface area contributed by atoms with Crippen molar-refractivity contribution in [2.45, 2.75) is 18.8 Å². The van der Waals surface area contributed by atoms with Crippen LogP contribution in [0.2, 0.25) is 5.02 Å². The quantitative estimate of drug-likeness (QED) is 0.894. The van der Waals surface area contributed by atoms with Gasteiger partial charge in [-0.2, -0.15) is 0 Å². The normalized spacial score (nSPS) is 19.1. The van der Waals surface area contributed by atoms with E-state index in [1.165, 1.54) is 0 Å². The van der Waals surface area contributed by atoms with E-state index in [1.807, 2.05) is 18.2 Å². The largest absolute Gasteiger partial charge is 0.497 e. The van der Waals surface area contributed by atoms with Crippen LogP contribution in [-0.2, 0) is 10.2 Å². The van der Waals surface area contributed by atoms with Gasteiger partial charge in [0.25, 0.3) is 0 Å². The molecule has 1 aromatic rings. The predicted octanol–water partition coefficient (Wildman–Crippen LogP) is 2.60. The first-order chi connectivity index (χ1) is 8.67. The molecule has 1 aliphatic heterocycles. The molecule has 2 rings (SSSR count). The van der Waals surface area contributed by atoms with Crippen molar-refractivity contribution >= 4 is 11.6 Å². The minimum Gasteiger partial charge on any atom is -0.497 e. The Morgan fingerprint density at radius 3 is 2.61 bits per heavy atom. The van der Waals surface area contributed by atoms with Gasteiger partial charge in [0, 0.05) is 10.4 Å². The summed E-state index contributed by atoms with van der Waals surface area (Å²) in [4.78, 5) is 0. The highest BCUT2D eigenvalue weighted by Gasteiger charge is 2.46. The molecule has 18 heavy (non-hydrogen) atoms. The maximum Gasteiger partial charge on any atom is 0.120 e. The molecule has 0 radical (unpaired) electrons. The number of benzene rings is 1. The van der Waals surface area contributed by atoms with Crippen molar-refractivity contribution in [2.75, 3.05) is 26.9 Å². The van der Waals surface area contributed by atoms with Crippen molar-refractivity contribution in [1.29, 1.82) is 0 Å². The molecular formula is C14H20ClNO2. The highest BCUT2D eigenvalue weighted by atomic mass is 35.5. The minimum absolute atomic E-state index is 0.0210. The number of halogens is 1. The fourth-order valence-corrected chi connectivity index (χ4v) is 3.10. The summed E-state index contributed by atoms with van der Waals surface area (Å²) < 4.78 is 10.6. The second-order valence-electron chi connectivity index (χ2n) is 4.84. The molecule has 100 valence electrons. The van der Waals surface area contributed by atoms with Gasteiger partial charge in [0.2, 0.25) is 0 Å². The SMILES string of the molecule is CCC(CN)C1(c2ccc(OC)cc2Cl)COC1. The van der Waals surface area contributed by atoms with Crippen LogP contribution in [0.3, 0.4) is 0 Å². The summed E-state index contributed by atoms with van der Waals surface area (Å²) in [5, 5.41) is 0.740. The number of nitrogens with two attached hydrogens (primary N) is 1. The van der Waals surface area contributed by atoms with Crippen molar-refractivity contribution in [3.8, 4) is 5.75 Å². The van der Waals surface area contributed by atoms with Crippen molar-refractivity contribution in [3.05, 3.63) is 28.8 Å².